The topological polar surface area (TPSA) is 52.6 Å². The van der Waals surface area contributed by atoms with Gasteiger partial charge in [0.05, 0.1) is 12.7 Å². The number of benzene rings is 2. The molecular formula is C25H30FN3O2. The molecule has 1 spiro atoms. The predicted octanol–water partition coefficient (Wildman–Crippen LogP) is 4.84. The van der Waals surface area contributed by atoms with Crippen molar-refractivity contribution in [3.05, 3.63) is 71.5 Å². The van der Waals surface area contributed by atoms with E-state index in [4.69, 9.17) is 0 Å². The molecule has 1 aliphatic heterocycles. The molecule has 1 aliphatic carbocycles. The van der Waals surface area contributed by atoms with Gasteiger partial charge in [-0.05, 0) is 43.1 Å². The third-order valence-corrected chi connectivity index (χ3v) is 6.56. The first-order valence-electron chi connectivity index (χ1n) is 11.1. The van der Waals surface area contributed by atoms with Crippen molar-refractivity contribution in [3.63, 3.8) is 0 Å². The van der Waals surface area contributed by atoms with Gasteiger partial charge >= 0.3 is 6.03 Å². The number of nitrogens with zero attached hydrogens (tertiary/aromatic N) is 2. The van der Waals surface area contributed by atoms with Crippen molar-refractivity contribution in [2.24, 2.45) is 0 Å². The minimum atomic E-state index is -0.754. The highest BCUT2D eigenvalue weighted by Gasteiger charge is 2.50. The molecule has 0 radical (unpaired) electrons. The van der Waals surface area contributed by atoms with E-state index in [2.05, 4.69) is 5.32 Å². The fourth-order valence-corrected chi connectivity index (χ4v) is 4.94. The highest BCUT2D eigenvalue weighted by atomic mass is 19.1. The maximum atomic E-state index is 13.5. The maximum absolute atomic E-state index is 13.5. The quantitative estimate of drug-likeness (QED) is 0.700. The molecule has 0 aromatic heterocycles. The largest absolute Gasteiger partial charge is 0.326 e. The summed E-state index contributed by atoms with van der Waals surface area (Å²) in [6.07, 6.45) is 6.73. The number of rotatable bonds is 5. The average molecular weight is 424 g/mol. The van der Waals surface area contributed by atoms with Crippen LogP contribution in [0.2, 0.25) is 0 Å². The predicted molar refractivity (Wildman–Crippen MR) is 118 cm³/mol. The van der Waals surface area contributed by atoms with E-state index < -0.39 is 5.54 Å². The second-order valence-corrected chi connectivity index (χ2v) is 8.78. The number of hydrogen-bond acceptors (Lipinski definition) is 3. The normalized spacial score (nSPS) is 19.9. The van der Waals surface area contributed by atoms with Crippen LogP contribution in [0.25, 0.3) is 0 Å². The Morgan fingerprint density at radius 2 is 1.52 bits per heavy atom. The minimum absolute atomic E-state index is 0.114. The summed E-state index contributed by atoms with van der Waals surface area (Å²) in [4.78, 5) is 29.6. The maximum Gasteiger partial charge on any atom is 0.326 e. The van der Waals surface area contributed by atoms with Crippen molar-refractivity contribution in [1.82, 2.24) is 15.1 Å². The van der Waals surface area contributed by atoms with Crippen LogP contribution in [0.1, 0.15) is 62.1 Å². The molecule has 1 atom stereocenters. The SMILES string of the molecule is CN(CN1C(=O)NC2(CCCCCCC2)C1=O)[C@@H](c1ccccc1)c1ccc(F)cc1. The average Bonchev–Trinajstić information content (AvgIpc) is 2.98. The van der Waals surface area contributed by atoms with Gasteiger partial charge in [-0.3, -0.25) is 9.69 Å². The lowest BCUT2D eigenvalue weighted by Crippen LogP contribution is -2.48. The van der Waals surface area contributed by atoms with Crippen LogP contribution >= 0.6 is 0 Å². The van der Waals surface area contributed by atoms with Crippen molar-refractivity contribution in [2.45, 2.75) is 56.5 Å². The van der Waals surface area contributed by atoms with Crippen LogP contribution < -0.4 is 5.32 Å². The van der Waals surface area contributed by atoms with Crippen LogP contribution in [-0.2, 0) is 4.79 Å². The number of amides is 3. The lowest BCUT2D eigenvalue weighted by atomic mass is 9.84. The van der Waals surface area contributed by atoms with Gasteiger partial charge in [0, 0.05) is 0 Å². The summed E-state index contributed by atoms with van der Waals surface area (Å²) >= 11 is 0. The Labute approximate surface area is 183 Å². The zero-order valence-corrected chi connectivity index (χ0v) is 18.0. The minimum Gasteiger partial charge on any atom is -0.323 e. The van der Waals surface area contributed by atoms with Crippen molar-refractivity contribution >= 4 is 11.9 Å². The van der Waals surface area contributed by atoms with Gasteiger partial charge in [0.15, 0.2) is 0 Å². The monoisotopic (exact) mass is 423 g/mol. The summed E-state index contributed by atoms with van der Waals surface area (Å²) in [6.45, 7) is 0.170. The molecule has 1 heterocycles. The van der Waals surface area contributed by atoms with Crippen molar-refractivity contribution in [1.29, 1.82) is 0 Å². The Morgan fingerprint density at radius 3 is 2.16 bits per heavy atom. The summed E-state index contributed by atoms with van der Waals surface area (Å²) in [5, 5.41) is 3.03. The molecule has 4 rings (SSSR count). The van der Waals surface area contributed by atoms with Gasteiger partial charge in [0.25, 0.3) is 5.91 Å². The standard InChI is InChI=1S/C25H30FN3O2/c1-28(22(19-10-6-5-7-11-19)20-12-14-21(26)15-13-20)18-29-23(30)25(27-24(29)31)16-8-3-2-4-9-17-25/h5-7,10-15,22H,2-4,8-9,16-18H2,1H3,(H,27,31)/t22-/m0/s1. The molecular weight excluding hydrogens is 393 g/mol. The molecule has 164 valence electrons. The zero-order chi connectivity index (χ0) is 21.8. The van der Waals surface area contributed by atoms with Crippen molar-refractivity contribution < 1.29 is 14.0 Å². The third-order valence-electron chi connectivity index (χ3n) is 6.56. The molecule has 2 aromatic carbocycles. The second-order valence-electron chi connectivity index (χ2n) is 8.78. The first-order valence-corrected chi connectivity index (χ1v) is 11.1. The molecule has 5 nitrogen and oxygen atoms in total. The van der Waals surface area contributed by atoms with Gasteiger partial charge in [-0.25, -0.2) is 14.1 Å². The lowest BCUT2D eigenvalue weighted by Gasteiger charge is -2.32. The van der Waals surface area contributed by atoms with Gasteiger partial charge in [0.1, 0.15) is 11.4 Å². The summed E-state index contributed by atoms with van der Waals surface area (Å²) in [5.74, 6) is -0.407. The molecule has 0 bridgehead atoms. The highest BCUT2D eigenvalue weighted by Crippen LogP contribution is 2.34. The number of nitrogens with one attached hydrogen (secondary N) is 1. The molecule has 6 heteroatoms. The van der Waals surface area contributed by atoms with E-state index in [1.165, 1.54) is 23.5 Å². The third kappa shape index (κ3) is 4.49. The lowest BCUT2D eigenvalue weighted by molar-refractivity contribution is -0.133. The Hall–Kier alpha value is -2.73. The van der Waals surface area contributed by atoms with Crippen LogP contribution in [-0.4, -0.2) is 41.0 Å². The van der Waals surface area contributed by atoms with Gasteiger partial charge in [-0.2, -0.15) is 0 Å². The summed E-state index contributed by atoms with van der Waals surface area (Å²) in [7, 11) is 1.89. The highest BCUT2D eigenvalue weighted by molar-refractivity contribution is 6.07. The van der Waals surface area contributed by atoms with E-state index >= 15 is 0 Å². The fourth-order valence-electron chi connectivity index (χ4n) is 4.94. The first-order chi connectivity index (χ1) is 15.0. The molecule has 2 fully saturated rings. The Balaban J connectivity index is 1.58. The van der Waals surface area contributed by atoms with E-state index in [9.17, 15) is 14.0 Å². The number of imide groups is 1. The van der Waals surface area contributed by atoms with E-state index in [1.807, 2.05) is 42.3 Å². The summed E-state index contributed by atoms with van der Waals surface area (Å²) < 4.78 is 13.5. The fraction of sp³-hybridized carbons (Fsp3) is 0.440. The van der Waals surface area contributed by atoms with E-state index in [1.54, 1.807) is 12.1 Å². The van der Waals surface area contributed by atoms with Gasteiger partial charge < -0.3 is 5.32 Å². The van der Waals surface area contributed by atoms with Gasteiger partial charge in [-0.15, -0.1) is 0 Å². The molecule has 3 amide bonds. The van der Waals surface area contributed by atoms with Crippen LogP contribution in [0.15, 0.2) is 54.6 Å². The first kappa shape index (κ1) is 21.5. The van der Waals surface area contributed by atoms with Crippen LogP contribution in [0.3, 0.4) is 0 Å². The molecule has 0 unspecified atom stereocenters. The molecule has 1 saturated heterocycles. The van der Waals surface area contributed by atoms with E-state index in [0.29, 0.717) is 12.8 Å². The van der Waals surface area contributed by atoms with Gasteiger partial charge in [-0.1, -0.05) is 74.6 Å². The Bertz CT molecular complexity index is 908. The number of halogens is 1. The Morgan fingerprint density at radius 1 is 0.935 bits per heavy atom. The zero-order valence-electron chi connectivity index (χ0n) is 18.0. The number of urea groups is 1. The van der Waals surface area contributed by atoms with Crippen LogP contribution in [0.5, 0.6) is 0 Å². The van der Waals surface area contributed by atoms with Gasteiger partial charge in [0.2, 0.25) is 0 Å². The summed E-state index contributed by atoms with van der Waals surface area (Å²) in [5.41, 5.74) is 1.17. The number of carbonyl (C=O) groups is 2. The second kappa shape index (κ2) is 9.18. The van der Waals surface area contributed by atoms with Crippen LogP contribution in [0.4, 0.5) is 9.18 Å². The molecule has 31 heavy (non-hydrogen) atoms. The van der Waals surface area contributed by atoms with Crippen molar-refractivity contribution in [3.8, 4) is 0 Å². The van der Waals surface area contributed by atoms with Crippen molar-refractivity contribution in [2.75, 3.05) is 13.7 Å². The van der Waals surface area contributed by atoms with Crippen LogP contribution in [0, 0.1) is 5.82 Å². The van der Waals surface area contributed by atoms with E-state index in [0.717, 1.165) is 36.8 Å². The number of hydrogen-bond donors (Lipinski definition) is 1. The summed E-state index contributed by atoms with van der Waals surface area (Å²) in [6, 6.07) is 15.7. The smallest absolute Gasteiger partial charge is 0.323 e. The van der Waals surface area contributed by atoms with E-state index in [-0.39, 0.29) is 30.5 Å². The molecule has 1 N–H and O–H groups in total. The molecule has 2 aromatic rings. The number of carbonyl (C=O) groups excluding carboxylic acids is 2. The molecule has 2 aliphatic rings. The molecule has 1 saturated carbocycles. The Kier molecular flexibility index (Phi) is 6.37.